The molecule has 0 heterocycles. The van der Waals surface area contributed by atoms with Crippen LogP contribution >= 0.6 is 10.3 Å². The van der Waals surface area contributed by atoms with Gasteiger partial charge in [0.25, 0.3) is 0 Å². The first kappa shape index (κ1) is 17.7. The van der Waals surface area contributed by atoms with Gasteiger partial charge in [-0.15, -0.1) is 0 Å². The largest absolute Gasteiger partial charge is 0.508 e. The summed E-state index contributed by atoms with van der Waals surface area (Å²) in [5.74, 6) is -0.168. The molecule has 3 N–H and O–H groups in total. The number of carbonyl (C=O) groups excluding carboxylic acids is 1. The van der Waals surface area contributed by atoms with E-state index in [4.69, 9.17) is 4.18 Å². The zero-order valence-corrected chi connectivity index (χ0v) is 14.8. The maximum atomic E-state index is 12.0. The van der Waals surface area contributed by atoms with Crippen molar-refractivity contribution in [2.24, 2.45) is 0 Å². The second kappa shape index (κ2) is 7.01. The van der Waals surface area contributed by atoms with E-state index < -0.39 is 16.3 Å². The maximum Gasteiger partial charge on any atom is 0.313 e. The summed E-state index contributed by atoms with van der Waals surface area (Å²) in [5.41, 5.74) is 0. The fourth-order valence-corrected chi connectivity index (χ4v) is 5.66. The number of carbonyl (C=O) groups is 1. The van der Waals surface area contributed by atoms with Crippen LogP contribution in [0.15, 0.2) is 87.5 Å². The Bertz CT molecular complexity index is 792. The van der Waals surface area contributed by atoms with Crippen molar-refractivity contribution in [3.05, 3.63) is 72.8 Å². The lowest BCUT2D eigenvalue weighted by molar-refractivity contribution is -0.131. The fourth-order valence-electron chi connectivity index (χ4n) is 2.64. The van der Waals surface area contributed by atoms with Gasteiger partial charge in [0.15, 0.2) is 0 Å². The van der Waals surface area contributed by atoms with E-state index >= 15 is 0 Å². The van der Waals surface area contributed by atoms with Crippen LogP contribution in [0.25, 0.3) is 0 Å². The number of hydrogen-bond donors (Lipinski definition) is 3. The molecule has 0 spiro atoms. The minimum Gasteiger partial charge on any atom is -0.508 e. The molecule has 0 saturated heterocycles. The number of aromatic hydroxyl groups is 3. The van der Waals surface area contributed by atoms with E-state index in [-0.39, 0.29) is 17.2 Å². The molecular formula is C20H18O5S. The van der Waals surface area contributed by atoms with E-state index in [2.05, 4.69) is 0 Å². The number of phenols is 3. The smallest absolute Gasteiger partial charge is 0.313 e. The zero-order valence-electron chi connectivity index (χ0n) is 14.0. The third-order valence-electron chi connectivity index (χ3n) is 3.75. The predicted octanol–water partition coefficient (Wildman–Crippen LogP) is 4.56. The van der Waals surface area contributed by atoms with Gasteiger partial charge in [-0.2, -0.15) is 0 Å². The molecular weight excluding hydrogens is 352 g/mol. The Labute approximate surface area is 152 Å². The van der Waals surface area contributed by atoms with Crippen molar-refractivity contribution < 1.29 is 24.3 Å². The van der Waals surface area contributed by atoms with E-state index in [1.54, 1.807) is 36.4 Å². The summed E-state index contributed by atoms with van der Waals surface area (Å²) in [7, 11) is -2.47. The summed E-state index contributed by atoms with van der Waals surface area (Å²) in [5, 5.41) is 29.0. The highest BCUT2D eigenvalue weighted by Gasteiger charge is 2.35. The first-order chi connectivity index (χ1) is 12.4. The SMILES string of the molecule is CC(=O)OS(c1ccc(O)cc1)(c1ccc(O)cc1)c1ccc(O)cc1. The molecule has 134 valence electrons. The van der Waals surface area contributed by atoms with Crippen LogP contribution in [-0.2, 0) is 8.98 Å². The van der Waals surface area contributed by atoms with Gasteiger partial charge in [-0.3, -0.25) is 4.79 Å². The zero-order chi connectivity index (χ0) is 18.7. The van der Waals surface area contributed by atoms with E-state index in [0.29, 0.717) is 14.7 Å². The molecule has 0 aromatic heterocycles. The quantitative estimate of drug-likeness (QED) is 0.626. The molecule has 0 amide bonds. The number of rotatable bonds is 4. The van der Waals surface area contributed by atoms with Gasteiger partial charge in [0.1, 0.15) is 17.2 Å². The fraction of sp³-hybridized carbons (Fsp3) is 0.0500. The Morgan fingerprint density at radius 2 is 0.923 bits per heavy atom. The van der Waals surface area contributed by atoms with Crippen molar-refractivity contribution in [3.63, 3.8) is 0 Å². The molecule has 0 aliphatic carbocycles. The lowest BCUT2D eigenvalue weighted by atomic mass is 10.3. The molecule has 0 radical (unpaired) electrons. The highest BCUT2D eigenvalue weighted by Crippen LogP contribution is 2.69. The first-order valence-corrected chi connectivity index (χ1v) is 9.38. The lowest BCUT2D eigenvalue weighted by Gasteiger charge is -2.39. The Kier molecular flexibility index (Phi) is 4.77. The minimum absolute atomic E-state index is 0.0984. The normalized spacial score (nSPS) is 11.7. The van der Waals surface area contributed by atoms with E-state index in [1.807, 2.05) is 0 Å². The van der Waals surface area contributed by atoms with Crippen molar-refractivity contribution in [2.45, 2.75) is 21.6 Å². The number of hydrogen-bond acceptors (Lipinski definition) is 5. The Balaban J connectivity index is 2.33. The summed E-state index contributed by atoms with van der Waals surface area (Å²) in [4.78, 5) is 14.1. The van der Waals surface area contributed by atoms with Gasteiger partial charge < -0.3 is 19.5 Å². The van der Waals surface area contributed by atoms with Crippen LogP contribution in [-0.4, -0.2) is 21.3 Å². The van der Waals surface area contributed by atoms with Crippen molar-refractivity contribution >= 4 is 16.3 Å². The molecule has 0 atom stereocenters. The van der Waals surface area contributed by atoms with E-state index in [1.165, 1.54) is 43.3 Å². The van der Waals surface area contributed by atoms with Crippen LogP contribution in [0.2, 0.25) is 0 Å². The minimum atomic E-state index is -2.47. The van der Waals surface area contributed by atoms with Gasteiger partial charge >= 0.3 is 5.97 Å². The average molecular weight is 370 g/mol. The van der Waals surface area contributed by atoms with Crippen LogP contribution in [0.5, 0.6) is 17.2 Å². The van der Waals surface area contributed by atoms with Gasteiger partial charge in [0.2, 0.25) is 0 Å². The van der Waals surface area contributed by atoms with Crippen LogP contribution in [0.1, 0.15) is 6.92 Å². The molecule has 3 aromatic carbocycles. The second-order valence-electron chi connectivity index (χ2n) is 5.61. The standard InChI is InChI=1S/C20H18O5S/c1-14(21)25-26(18-8-2-15(22)3-9-18,19-10-4-16(23)5-11-19)20-12-6-17(24)7-13-20/h2-13,22-24H,1H3. The highest BCUT2D eigenvalue weighted by molar-refractivity contribution is 8.30. The molecule has 6 heteroatoms. The van der Waals surface area contributed by atoms with Crippen LogP contribution in [0, 0.1) is 0 Å². The molecule has 0 aliphatic rings. The van der Waals surface area contributed by atoms with Crippen LogP contribution in [0.4, 0.5) is 0 Å². The Morgan fingerprint density at radius 1 is 0.654 bits per heavy atom. The highest BCUT2D eigenvalue weighted by atomic mass is 32.3. The molecule has 26 heavy (non-hydrogen) atoms. The molecule has 0 unspecified atom stereocenters. The molecule has 0 aliphatic heterocycles. The van der Waals surface area contributed by atoms with Gasteiger partial charge in [-0.1, -0.05) is 0 Å². The molecule has 0 fully saturated rings. The monoisotopic (exact) mass is 370 g/mol. The summed E-state index contributed by atoms with van der Waals surface area (Å²) < 4.78 is 5.92. The van der Waals surface area contributed by atoms with Crippen LogP contribution in [0.3, 0.4) is 0 Å². The average Bonchev–Trinajstić information content (AvgIpc) is 2.62. The van der Waals surface area contributed by atoms with Crippen molar-refractivity contribution in [3.8, 4) is 17.2 Å². The van der Waals surface area contributed by atoms with E-state index in [9.17, 15) is 20.1 Å². The molecule has 3 rings (SSSR count). The van der Waals surface area contributed by atoms with Gasteiger partial charge in [-0.05, 0) is 83.1 Å². The van der Waals surface area contributed by atoms with E-state index in [0.717, 1.165) is 0 Å². The third kappa shape index (κ3) is 3.32. The summed E-state index contributed by atoms with van der Waals surface area (Å²) in [6.07, 6.45) is 0. The number of benzene rings is 3. The molecule has 3 aromatic rings. The van der Waals surface area contributed by atoms with Gasteiger partial charge in [-0.25, -0.2) is 0 Å². The first-order valence-electron chi connectivity index (χ1n) is 7.82. The summed E-state index contributed by atoms with van der Waals surface area (Å²) in [6.45, 7) is 1.34. The third-order valence-corrected chi connectivity index (χ3v) is 7.04. The summed E-state index contributed by atoms with van der Waals surface area (Å²) >= 11 is 0. The van der Waals surface area contributed by atoms with Crippen molar-refractivity contribution in [2.75, 3.05) is 0 Å². The Morgan fingerprint density at radius 3 is 1.15 bits per heavy atom. The van der Waals surface area contributed by atoms with Gasteiger partial charge in [0.05, 0.1) is 0 Å². The predicted molar refractivity (Wildman–Crippen MR) is 98.5 cm³/mol. The lowest BCUT2D eigenvalue weighted by Crippen LogP contribution is -2.11. The number of phenolic OH excluding ortho intramolecular Hbond substituents is 3. The van der Waals surface area contributed by atoms with Gasteiger partial charge in [0, 0.05) is 21.6 Å². The maximum absolute atomic E-state index is 12.0. The second-order valence-corrected chi connectivity index (χ2v) is 8.31. The van der Waals surface area contributed by atoms with Crippen molar-refractivity contribution in [1.82, 2.24) is 0 Å². The molecule has 0 saturated carbocycles. The van der Waals surface area contributed by atoms with Crippen molar-refractivity contribution in [1.29, 1.82) is 0 Å². The van der Waals surface area contributed by atoms with Crippen LogP contribution < -0.4 is 0 Å². The topological polar surface area (TPSA) is 87.0 Å². The molecule has 5 nitrogen and oxygen atoms in total. The molecule has 0 bridgehead atoms. The summed E-state index contributed by atoms with van der Waals surface area (Å²) in [6, 6.07) is 19.4. The Hall–Kier alpha value is -3.12.